The van der Waals surface area contributed by atoms with Crippen LogP contribution in [0.3, 0.4) is 0 Å². The van der Waals surface area contributed by atoms with Gasteiger partial charge in [-0.1, -0.05) is 18.2 Å². The number of ether oxygens (including phenoxy) is 6. The molecule has 0 aliphatic heterocycles. The van der Waals surface area contributed by atoms with Gasteiger partial charge in [0.1, 0.15) is 0 Å². The van der Waals surface area contributed by atoms with Gasteiger partial charge < -0.3 is 34.2 Å². The van der Waals surface area contributed by atoms with Gasteiger partial charge in [0.05, 0.1) is 42.7 Å². The van der Waals surface area contributed by atoms with E-state index in [0.29, 0.717) is 34.5 Å². The Balaban J connectivity index is 2.17. The quantitative estimate of drug-likeness (QED) is 0.482. The molecule has 0 amide bonds. The highest BCUT2D eigenvalue weighted by Crippen LogP contribution is 2.43. The summed E-state index contributed by atoms with van der Waals surface area (Å²) in [5.41, 5.74) is 9.71. The van der Waals surface area contributed by atoms with E-state index in [2.05, 4.69) is 0 Å². The number of hydrogen-bond acceptors (Lipinski definition) is 7. The van der Waals surface area contributed by atoms with Crippen LogP contribution in [0.5, 0.6) is 34.5 Å². The first-order valence-corrected chi connectivity index (χ1v) is 10.4. The average Bonchev–Trinajstić information content (AvgIpc) is 2.87. The Bertz CT molecular complexity index is 1030. The van der Waals surface area contributed by atoms with E-state index in [-0.39, 0.29) is 5.92 Å². The van der Waals surface area contributed by atoms with Gasteiger partial charge in [-0.2, -0.15) is 0 Å². The fourth-order valence-electron chi connectivity index (χ4n) is 3.95. The topological polar surface area (TPSA) is 81.4 Å². The van der Waals surface area contributed by atoms with Crippen molar-refractivity contribution in [3.05, 3.63) is 71.3 Å². The maximum Gasteiger partial charge on any atom is 0.161 e. The third-order valence-electron chi connectivity index (χ3n) is 5.69. The van der Waals surface area contributed by atoms with Crippen molar-refractivity contribution in [3.8, 4) is 34.5 Å². The minimum atomic E-state index is -0.416. The van der Waals surface area contributed by atoms with E-state index in [1.54, 1.807) is 42.7 Å². The summed E-state index contributed by atoms with van der Waals surface area (Å²) in [6.07, 6.45) is 0. The lowest BCUT2D eigenvalue weighted by atomic mass is 9.82. The normalized spacial score (nSPS) is 11.6. The molecule has 0 bridgehead atoms. The van der Waals surface area contributed by atoms with Crippen molar-refractivity contribution in [1.82, 2.24) is 0 Å². The van der Waals surface area contributed by atoms with Gasteiger partial charge in [-0.15, -0.1) is 0 Å². The Kier molecular flexibility index (Phi) is 7.90. The van der Waals surface area contributed by atoms with Gasteiger partial charge in [-0.25, -0.2) is 0 Å². The van der Waals surface area contributed by atoms with Crippen molar-refractivity contribution in [3.63, 3.8) is 0 Å². The molecule has 0 fully saturated rings. The van der Waals surface area contributed by atoms with E-state index in [9.17, 15) is 0 Å². The monoisotopic (exact) mass is 453 g/mol. The van der Waals surface area contributed by atoms with Gasteiger partial charge >= 0.3 is 0 Å². The first-order chi connectivity index (χ1) is 16.0. The molecule has 1 unspecified atom stereocenters. The molecular formula is C26H31NO6. The van der Waals surface area contributed by atoms with Crippen molar-refractivity contribution in [2.75, 3.05) is 42.7 Å². The lowest BCUT2D eigenvalue weighted by molar-refractivity contribution is 0.352. The molecule has 7 nitrogen and oxygen atoms in total. The molecule has 33 heavy (non-hydrogen) atoms. The minimum Gasteiger partial charge on any atom is -0.493 e. The third-order valence-corrected chi connectivity index (χ3v) is 5.69. The zero-order valence-corrected chi connectivity index (χ0v) is 19.9. The van der Waals surface area contributed by atoms with E-state index in [1.807, 2.05) is 54.6 Å². The van der Waals surface area contributed by atoms with Gasteiger partial charge in [-0.05, 0) is 53.1 Å². The van der Waals surface area contributed by atoms with E-state index in [1.165, 1.54) is 0 Å². The first-order valence-electron chi connectivity index (χ1n) is 10.4. The predicted molar refractivity (Wildman–Crippen MR) is 127 cm³/mol. The van der Waals surface area contributed by atoms with Crippen LogP contribution in [0.15, 0.2) is 54.6 Å². The summed E-state index contributed by atoms with van der Waals surface area (Å²) in [5.74, 6) is 3.56. The highest BCUT2D eigenvalue weighted by molar-refractivity contribution is 5.52. The maximum atomic E-state index is 6.90. The first kappa shape index (κ1) is 24.1. The third kappa shape index (κ3) is 4.93. The van der Waals surface area contributed by atoms with Gasteiger partial charge in [-0.3, -0.25) is 0 Å². The molecule has 1 atom stereocenters. The Labute approximate surface area is 194 Å². The van der Waals surface area contributed by atoms with Gasteiger partial charge in [0.15, 0.2) is 34.5 Å². The van der Waals surface area contributed by atoms with Crippen LogP contribution in [0.1, 0.15) is 28.7 Å². The molecule has 0 heterocycles. The number of methoxy groups -OCH3 is 6. The molecule has 0 aliphatic carbocycles. The standard InChI is InChI=1S/C26H31NO6/c1-28-19-10-7-16(13-22(19)31-4)25(17-8-11-20(29-2)23(14-17)32-5)26(27)18-9-12-21(30-3)24(15-18)33-6/h7-15,25-26H,27H2,1-6H3. The molecule has 0 radical (unpaired) electrons. The summed E-state index contributed by atoms with van der Waals surface area (Å²) in [6, 6.07) is 16.9. The van der Waals surface area contributed by atoms with Crippen molar-refractivity contribution in [2.45, 2.75) is 12.0 Å². The summed E-state index contributed by atoms with van der Waals surface area (Å²) in [5, 5.41) is 0. The number of nitrogens with two attached hydrogens (primary N) is 1. The second kappa shape index (κ2) is 10.8. The molecular weight excluding hydrogens is 422 g/mol. The fourth-order valence-corrected chi connectivity index (χ4v) is 3.95. The molecule has 0 aromatic heterocycles. The van der Waals surface area contributed by atoms with Gasteiger partial charge in [0.25, 0.3) is 0 Å². The Morgan fingerprint density at radius 1 is 0.455 bits per heavy atom. The van der Waals surface area contributed by atoms with Crippen LogP contribution in [0.25, 0.3) is 0 Å². The smallest absolute Gasteiger partial charge is 0.161 e. The van der Waals surface area contributed by atoms with E-state index in [4.69, 9.17) is 34.2 Å². The summed E-state index contributed by atoms with van der Waals surface area (Å²) in [7, 11) is 9.65. The zero-order chi connectivity index (χ0) is 24.0. The predicted octanol–water partition coefficient (Wildman–Crippen LogP) is 4.57. The van der Waals surface area contributed by atoms with E-state index >= 15 is 0 Å². The zero-order valence-electron chi connectivity index (χ0n) is 19.9. The minimum absolute atomic E-state index is 0.234. The highest BCUT2D eigenvalue weighted by Gasteiger charge is 2.27. The second-order valence-electron chi connectivity index (χ2n) is 7.35. The molecule has 2 N–H and O–H groups in total. The van der Waals surface area contributed by atoms with Crippen LogP contribution in [0, 0.1) is 0 Å². The average molecular weight is 454 g/mol. The van der Waals surface area contributed by atoms with Crippen molar-refractivity contribution >= 4 is 0 Å². The van der Waals surface area contributed by atoms with Crippen LogP contribution in [-0.4, -0.2) is 42.7 Å². The van der Waals surface area contributed by atoms with Crippen molar-refractivity contribution in [1.29, 1.82) is 0 Å². The molecule has 0 spiro atoms. The van der Waals surface area contributed by atoms with E-state index in [0.717, 1.165) is 16.7 Å². The molecule has 0 aliphatic rings. The molecule has 0 saturated carbocycles. The summed E-state index contributed by atoms with van der Waals surface area (Å²) < 4.78 is 32.8. The lowest BCUT2D eigenvalue weighted by Gasteiger charge is -2.27. The van der Waals surface area contributed by atoms with Crippen molar-refractivity contribution in [2.24, 2.45) is 5.73 Å². The second-order valence-corrected chi connectivity index (χ2v) is 7.35. The summed E-state index contributed by atoms with van der Waals surface area (Å²) in [4.78, 5) is 0. The molecule has 7 heteroatoms. The Morgan fingerprint density at radius 3 is 1.09 bits per heavy atom. The van der Waals surface area contributed by atoms with Gasteiger partial charge in [0, 0.05) is 12.0 Å². The lowest BCUT2D eigenvalue weighted by Crippen LogP contribution is -2.21. The Morgan fingerprint density at radius 2 is 0.758 bits per heavy atom. The molecule has 0 saturated heterocycles. The van der Waals surface area contributed by atoms with E-state index < -0.39 is 6.04 Å². The molecule has 3 aromatic carbocycles. The van der Waals surface area contributed by atoms with Crippen LogP contribution in [0.2, 0.25) is 0 Å². The van der Waals surface area contributed by atoms with Crippen LogP contribution in [0.4, 0.5) is 0 Å². The van der Waals surface area contributed by atoms with Crippen LogP contribution < -0.4 is 34.2 Å². The van der Waals surface area contributed by atoms with Crippen LogP contribution >= 0.6 is 0 Å². The Hall–Kier alpha value is -3.58. The van der Waals surface area contributed by atoms with Crippen LogP contribution in [-0.2, 0) is 0 Å². The SMILES string of the molecule is COc1ccc(C(N)C(c2ccc(OC)c(OC)c2)c2ccc(OC)c(OC)c2)cc1OC. The maximum absolute atomic E-state index is 6.90. The number of benzene rings is 3. The molecule has 176 valence electrons. The number of hydrogen-bond donors (Lipinski definition) is 1. The fraction of sp³-hybridized carbons (Fsp3) is 0.308. The van der Waals surface area contributed by atoms with Gasteiger partial charge in [0.2, 0.25) is 0 Å². The number of rotatable bonds is 10. The highest BCUT2D eigenvalue weighted by atomic mass is 16.5. The largest absolute Gasteiger partial charge is 0.493 e. The van der Waals surface area contributed by atoms with Crippen molar-refractivity contribution < 1.29 is 28.4 Å². The summed E-state index contributed by atoms with van der Waals surface area (Å²) in [6.45, 7) is 0. The summed E-state index contributed by atoms with van der Waals surface area (Å²) >= 11 is 0. The molecule has 3 rings (SSSR count). The molecule has 3 aromatic rings.